The highest BCUT2D eigenvalue weighted by atomic mass is 16.6. The van der Waals surface area contributed by atoms with Crippen LogP contribution in [0.25, 0.3) is 0 Å². The third-order valence-electron chi connectivity index (χ3n) is 11.7. The van der Waals surface area contributed by atoms with Crippen LogP contribution in [0.5, 0.6) is 0 Å². The van der Waals surface area contributed by atoms with Crippen molar-refractivity contribution in [3.8, 4) is 0 Å². The Morgan fingerprint density at radius 3 is 0.945 bits per heavy atom. The van der Waals surface area contributed by atoms with Crippen molar-refractivity contribution < 1.29 is 28.6 Å². The molecule has 6 nitrogen and oxygen atoms in total. The van der Waals surface area contributed by atoms with Crippen LogP contribution in [0.4, 0.5) is 0 Å². The largest absolute Gasteiger partial charge is 0.462 e. The maximum Gasteiger partial charge on any atom is 0.306 e. The molecule has 0 aromatic carbocycles. The first-order valence-corrected chi connectivity index (χ1v) is 24.3. The van der Waals surface area contributed by atoms with Gasteiger partial charge in [0.1, 0.15) is 13.2 Å². The summed E-state index contributed by atoms with van der Waals surface area (Å²) in [4.78, 5) is 37.8. The summed E-state index contributed by atoms with van der Waals surface area (Å²) in [6, 6.07) is 0. The van der Waals surface area contributed by atoms with Crippen LogP contribution in [0, 0.1) is 11.8 Å². The number of carbonyl (C=O) groups excluding carboxylic acids is 3. The van der Waals surface area contributed by atoms with Gasteiger partial charge in [0, 0.05) is 19.3 Å². The topological polar surface area (TPSA) is 78.9 Å². The second kappa shape index (κ2) is 42.0. The fraction of sp³-hybridized carbons (Fsp3) is 0.939. The average molecular weight is 779 g/mol. The van der Waals surface area contributed by atoms with Gasteiger partial charge in [0.25, 0.3) is 0 Å². The molecule has 0 rings (SSSR count). The van der Waals surface area contributed by atoms with E-state index in [1.807, 2.05) is 0 Å². The monoisotopic (exact) mass is 779 g/mol. The number of unbranched alkanes of at least 4 members (excludes halogenated alkanes) is 26. The molecule has 3 atom stereocenters. The van der Waals surface area contributed by atoms with Crippen LogP contribution in [0.1, 0.15) is 266 Å². The molecule has 6 heteroatoms. The normalized spacial score (nSPS) is 13.0. The molecule has 0 aliphatic carbocycles. The highest BCUT2D eigenvalue weighted by Gasteiger charge is 2.19. The van der Waals surface area contributed by atoms with E-state index in [-0.39, 0.29) is 31.1 Å². The summed E-state index contributed by atoms with van der Waals surface area (Å²) in [7, 11) is 0. The molecular formula is C49H94O6. The lowest BCUT2D eigenvalue weighted by Gasteiger charge is -2.18. The molecule has 0 aromatic rings. The minimum absolute atomic E-state index is 0.0651. The zero-order chi connectivity index (χ0) is 40.5. The molecule has 0 fully saturated rings. The van der Waals surface area contributed by atoms with Gasteiger partial charge >= 0.3 is 17.9 Å². The fourth-order valence-electron chi connectivity index (χ4n) is 7.22. The van der Waals surface area contributed by atoms with Crippen LogP contribution < -0.4 is 0 Å². The van der Waals surface area contributed by atoms with Gasteiger partial charge in [0.15, 0.2) is 6.10 Å². The van der Waals surface area contributed by atoms with Crippen molar-refractivity contribution in [3.63, 3.8) is 0 Å². The van der Waals surface area contributed by atoms with Crippen LogP contribution in [0.2, 0.25) is 0 Å². The number of rotatable bonds is 43. The minimum Gasteiger partial charge on any atom is -0.462 e. The summed E-state index contributed by atoms with van der Waals surface area (Å²) in [6.07, 6.45) is 40.8. The maximum atomic E-state index is 12.7. The van der Waals surface area contributed by atoms with E-state index in [4.69, 9.17) is 14.2 Å². The molecule has 0 bridgehead atoms. The fourth-order valence-corrected chi connectivity index (χ4v) is 7.22. The van der Waals surface area contributed by atoms with Crippen molar-refractivity contribution >= 4 is 17.9 Å². The summed E-state index contributed by atoms with van der Waals surface area (Å²) in [5, 5.41) is 0. The van der Waals surface area contributed by atoms with Gasteiger partial charge in [-0.1, -0.05) is 227 Å². The zero-order valence-electron chi connectivity index (χ0n) is 37.6. The summed E-state index contributed by atoms with van der Waals surface area (Å²) in [5.74, 6) is 0.823. The predicted octanol–water partition coefficient (Wildman–Crippen LogP) is 15.4. The lowest BCUT2D eigenvalue weighted by atomic mass is 9.99. The van der Waals surface area contributed by atoms with E-state index in [9.17, 15) is 14.4 Å². The Balaban J connectivity index is 4.32. The Labute approximate surface area is 342 Å². The van der Waals surface area contributed by atoms with Crippen LogP contribution in [-0.4, -0.2) is 37.2 Å². The number of ether oxygens (including phenoxy) is 3. The molecule has 0 radical (unpaired) electrons. The third-order valence-corrected chi connectivity index (χ3v) is 11.7. The van der Waals surface area contributed by atoms with Crippen LogP contribution >= 0.6 is 0 Å². The first-order valence-electron chi connectivity index (χ1n) is 24.3. The van der Waals surface area contributed by atoms with E-state index >= 15 is 0 Å². The molecule has 0 amide bonds. The molecule has 0 aliphatic heterocycles. The number of hydrogen-bond donors (Lipinski definition) is 0. The number of hydrogen-bond acceptors (Lipinski definition) is 6. The Morgan fingerprint density at radius 1 is 0.364 bits per heavy atom. The van der Waals surface area contributed by atoms with Gasteiger partial charge in [-0.25, -0.2) is 0 Å². The Kier molecular flexibility index (Phi) is 40.8. The molecule has 0 heterocycles. The molecule has 0 spiro atoms. The SMILES string of the molecule is CCCCCCCCCCCCCCCC(=O)OC[C@@H](COC(=O)CCCCCCCCCCCCC(C)CC)OC(=O)CCCCCCCCC(C)CC. The summed E-state index contributed by atoms with van der Waals surface area (Å²) < 4.78 is 16.8. The highest BCUT2D eigenvalue weighted by molar-refractivity contribution is 5.71. The van der Waals surface area contributed by atoms with Crippen molar-refractivity contribution in [1.29, 1.82) is 0 Å². The molecule has 0 saturated carbocycles. The Bertz CT molecular complexity index is 843. The van der Waals surface area contributed by atoms with Crippen LogP contribution in [-0.2, 0) is 28.6 Å². The molecule has 2 unspecified atom stereocenters. The van der Waals surface area contributed by atoms with E-state index in [0.717, 1.165) is 69.6 Å². The molecule has 55 heavy (non-hydrogen) atoms. The van der Waals surface area contributed by atoms with E-state index in [2.05, 4.69) is 34.6 Å². The van der Waals surface area contributed by atoms with Gasteiger partial charge in [0.2, 0.25) is 0 Å². The van der Waals surface area contributed by atoms with Gasteiger partial charge in [-0.2, -0.15) is 0 Å². The van der Waals surface area contributed by atoms with Crippen molar-refractivity contribution in [1.82, 2.24) is 0 Å². The molecule has 0 N–H and O–H groups in total. The number of esters is 3. The van der Waals surface area contributed by atoms with E-state index in [0.29, 0.717) is 19.3 Å². The lowest BCUT2D eigenvalue weighted by Crippen LogP contribution is -2.30. The first kappa shape index (κ1) is 53.4. The molecule has 0 saturated heterocycles. The second-order valence-electron chi connectivity index (χ2n) is 17.2. The lowest BCUT2D eigenvalue weighted by molar-refractivity contribution is -0.167. The van der Waals surface area contributed by atoms with E-state index in [1.165, 1.54) is 154 Å². The van der Waals surface area contributed by atoms with Crippen molar-refractivity contribution in [2.45, 2.75) is 272 Å². The maximum absolute atomic E-state index is 12.7. The Hall–Kier alpha value is -1.59. The van der Waals surface area contributed by atoms with Gasteiger partial charge in [-0.3, -0.25) is 14.4 Å². The third kappa shape index (κ3) is 40.4. The second-order valence-corrected chi connectivity index (χ2v) is 17.2. The van der Waals surface area contributed by atoms with E-state index < -0.39 is 6.10 Å². The summed E-state index contributed by atoms with van der Waals surface area (Å²) in [5.41, 5.74) is 0. The van der Waals surface area contributed by atoms with Crippen molar-refractivity contribution in [3.05, 3.63) is 0 Å². The average Bonchev–Trinajstić information content (AvgIpc) is 3.18. The quantitative estimate of drug-likeness (QED) is 0.0348. The molecule has 0 aliphatic rings. The van der Waals surface area contributed by atoms with Crippen molar-refractivity contribution in [2.75, 3.05) is 13.2 Å². The van der Waals surface area contributed by atoms with Gasteiger partial charge < -0.3 is 14.2 Å². The van der Waals surface area contributed by atoms with Gasteiger partial charge in [0.05, 0.1) is 0 Å². The first-order chi connectivity index (χ1) is 26.8. The summed E-state index contributed by atoms with van der Waals surface area (Å²) in [6.45, 7) is 11.3. The molecule has 0 aromatic heterocycles. The number of carbonyl (C=O) groups is 3. The highest BCUT2D eigenvalue weighted by Crippen LogP contribution is 2.18. The standard InChI is InChI=1S/C49H94O6/c1-6-9-10-11-12-13-14-15-16-20-23-29-34-39-47(50)53-42-46(55-49(52)41-36-31-26-25-28-33-38-45(5)8-3)43-54-48(51)40-35-30-24-21-18-17-19-22-27-32-37-44(4)7-2/h44-46H,6-43H2,1-5H3/t44?,45?,46-/m0/s1. The summed E-state index contributed by atoms with van der Waals surface area (Å²) >= 11 is 0. The molecular weight excluding hydrogens is 685 g/mol. The van der Waals surface area contributed by atoms with Crippen LogP contribution in [0.3, 0.4) is 0 Å². The smallest absolute Gasteiger partial charge is 0.306 e. The van der Waals surface area contributed by atoms with Gasteiger partial charge in [-0.15, -0.1) is 0 Å². The van der Waals surface area contributed by atoms with Crippen LogP contribution in [0.15, 0.2) is 0 Å². The zero-order valence-corrected chi connectivity index (χ0v) is 37.6. The molecule has 326 valence electrons. The predicted molar refractivity (Wildman–Crippen MR) is 233 cm³/mol. The minimum atomic E-state index is -0.761. The van der Waals surface area contributed by atoms with Gasteiger partial charge in [-0.05, 0) is 31.1 Å². The van der Waals surface area contributed by atoms with Crippen molar-refractivity contribution in [2.24, 2.45) is 11.8 Å². The Morgan fingerprint density at radius 2 is 0.636 bits per heavy atom. The van der Waals surface area contributed by atoms with E-state index in [1.54, 1.807) is 0 Å².